The lowest BCUT2D eigenvalue weighted by molar-refractivity contribution is 0.0931. The second-order valence-electron chi connectivity index (χ2n) is 6.22. The molecule has 4 N–H and O–H groups in total. The maximum atomic E-state index is 12.5. The second-order valence-corrected chi connectivity index (χ2v) is 6.22. The highest BCUT2D eigenvalue weighted by Gasteiger charge is 2.32. The molecule has 0 bridgehead atoms. The van der Waals surface area contributed by atoms with Crippen molar-refractivity contribution in [3.8, 4) is 6.07 Å². The highest BCUT2D eigenvalue weighted by atomic mass is 16.2. The number of aromatic nitrogens is 2. The van der Waals surface area contributed by atoms with Crippen LogP contribution in [-0.2, 0) is 0 Å². The predicted molar refractivity (Wildman–Crippen MR) is 95.9 cm³/mol. The molecule has 1 unspecified atom stereocenters. The van der Waals surface area contributed by atoms with Crippen LogP contribution in [0.2, 0.25) is 0 Å². The van der Waals surface area contributed by atoms with Gasteiger partial charge < -0.3 is 16.0 Å². The zero-order valence-electron chi connectivity index (χ0n) is 14.4. The molecule has 0 spiro atoms. The van der Waals surface area contributed by atoms with Crippen molar-refractivity contribution in [3.05, 3.63) is 41.6 Å². The van der Waals surface area contributed by atoms with Crippen molar-refractivity contribution in [2.75, 3.05) is 12.4 Å². The van der Waals surface area contributed by atoms with Gasteiger partial charge in [-0.2, -0.15) is 10.4 Å². The lowest BCUT2D eigenvalue weighted by Crippen LogP contribution is -2.36. The van der Waals surface area contributed by atoms with Crippen molar-refractivity contribution in [2.24, 2.45) is 5.92 Å². The number of nitrogens with one attached hydrogen (secondary N) is 4. The first-order valence-electron chi connectivity index (χ1n) is 8.42. The van der Waals surface area contributed by atoms with Crippen LogP contribution in [0.3, 0.4) is 0 Å². The third-order valence-corrected chi connectivity index (χ3v) is 4.35. The largest absolute Gasteiger partial charge is 0.355 e. The Labute approximate surface area is 151 Å². The molecule has 2 amide bonds. The van der Waals surface area contributed by atoms with E-state index in [9.17, 15) is 9.59 Å². The SMILES string of the molecule is CNC(=O)c1ccc(Nc2[nH]ncc2C(=O)NC(CC#N)C2CC2)cc1. The molecule has 26 heavy (non-hydrogen) atoms. The van der Waals surface area contributed by atoms with E-state index in [1.165, 1.54) is 6.20 Å². The Balaban J connectivity index is 1.69. The number of anilines is 2. The molecule has 3 rings (SSSR count). The normalized spacial score (nSPS) is 14.2. The lowest BCUT2D eigenvalue weighted by atomic mass is 10.1. The topological polar surface area (TPSA) is 123 Å². The van der Waals surface area contributed by atoms with Crippen LogP contribution in [0, 0.1) is 17.2 Å². The van der Waals surface area contributed by atoms with Gasteiger partial charge in [-0.05, 0) is 43.0 Å². The summed E-state index contributed by atoms with van der Waals surface area (Å²) in [4.78, 5) is 24.1. The molecule has 1 aromatic carbocycles. The fraction of sp³-hybridized carbons (Fsp3) is 0.333. The van der Waals surface area contributed by atoms with E-state index in [-0.39, 0.29) is 17.9 Å². The highest BCUT2D eigenvalue weighted by Crippen LogP contribution is 2.34. The summed E-state index contributed by atoms with van der Waals surface area (Å²) in [5.41, 5.74) is 1.64. The number of H-pyrrole nitrogens is 1. The lowest BCUT2D eigenvalue weighted by Gasteiger charge is -2.15. The molecule has 1 atom stereocenters. The fourth-order valence-corrected chi connectivity index (χ4v) is 2.73. The monoisotopic (exact) mass is 352 g/mol. The van der Waals surface area contributed by atoms with E-state index in [0.29, 0.717) is 35.0 Å². The zero-order chi connectivity index (χ0) is 18.5. The van der Waals surface area contributed by atoms with Crippen LogP contribution in [0.5, 0.6) is 0 Å². The molecule has 134 valence electrons. The van der Waals surface area contributed by atoms with Crippen LogP contribution in [-0.4, -0.2) is 35.1 Å². The summed E-state index contributed by atoms with van der Waals surface area (Å²) in [6.45, 7) is 0. The minimum absolute atomic E-state index is 0.123. The number of aromatic amines is 1. The van der Waals surface area contributed by atoms with E-state index < -0.39 is 0 Å². The van der Waals surface area contributed by atoms with Crippen LogP contribution < -0.4 is 16.0 Å². The Morgan fingerprint density at radius 3 is 2.65 bits per heavy atom. The first kappa shape index (κ1) is 17.5. The first-order chi connectivity index (χ1) is 12.6. The number of hydrogen-bond donors (Lipinski definition) is 4. The molecule has 1 fully saturated rings. The molecular weight excluding hydrogens is 332 g/mol. The summed E-state index contributed by atoms with van der Waals surface area (Å²) in [5, 5.41) is 24.2. The number of rotatable bonds is 7. The van der Waals surface area contributed by atoms with E-state index in [1.807, 2.05) is 0 Å². The molecule has 1 aromatic heterocycles. The average molecular weight is 352 g/mol. The molecule has 0 aliphatic heterocycles. The van der Waals surface area contributed by atoms with Gasteiger partial charge in [-0.3, -0.25) is 14.7 Å². The molecule has 2 aromatic rings. The molecule has 8 nitrogen and oxygen atoms in total. The van der Waals surface area contributed by atoms with Crippen molar-refractivity contribution in [3.63, 3.8) is 0 Å². The van der Waals surface area contributed by atoms with Gasteiger partial charge in [-0.1, -0.05) is 0 Å². The van der Waals surface area contributed by atoms with E-state index in [1.54, 1.807) is 31.3 Å². The quantitative estimate of drug-likeness (QED) is 0.606. The summed E-state index contributed by atoms with van der Waals surface area (Å²) < 4.78 is 0. The van der Waals surface area contributed by atoms with Gasteiger partial charge in [0.1, 0.15) is 11.4 Å². The Morgan fingerprint density at radius 2 is 2.04 bits per heavy atom. The third-order valence-electron chi connectivity index (χ3n) is 4.35. The Kier molecular flexibility index (Phi) is 5.17. The number of benzene rings is 1. The van der Waals surface area contributed by atoms with Crippen LogP contribution >= 0.6 is 0 Å². The Bertz CT molecular complexity index is 832. The average Bonchev–Trinajstić information content (AvgIpc) is 3.40. The summed E-state index contributed by atoms with van der Waals surface area (Å²) in [5.74, 6) is 0.415. The summed E-state index contributed by atoms with van der Waals surface area (Å²) >= 11 is 0. The zero-order valence-corrected chi connectivity index (χ0v) is 14.4. The first-order valence-corrected chi connectivity index (χ1v) is 8.42. The van der Waals surface area contributed by atoms with Crippen molar-refractivity contribution >= 4 is 23.3 Å². The molecule has 0 radical (unpaired) electrons. The standard InChI is InChI=1S/C18H20N6O2/c1-20-17(25)12-4-6-13(7-5-12)22-16-14(10-21-24-16)18(26)23-15(8-9-19)11-2-3-11/h4-7,10-11,15H,2-3,8H2,1H3,(H,20,25)(H,23,26)(H2,21,22,24). The van der Waals surface area contributed by atoms with E-state index >= 15 is 0 Å². The van der Waals surface area contributed by atoms with Crippen LogP contribution in [0.1, 0.15) is 40.0 Å². The van der Waals surface area contributed by atoms with Gasteiger partial charge in [0.05, 0.1) is 18.7 Å². The molecule has 1 aliphatic rings. The van der Waals surface area contributed by atoms with Gasteiger partial charge in [0.25, 0.3) is 11.8 Å². The van der Waals surface area contributed by atoms with E-state index in [4.69, 9.17) is 5.26 Å². The van der Waals surface area contributed by atoms with E-state index in [0.717, 1.165) is 12.8 Å². The predicted octanol–water partition coefficient (Wildman–Crippen LogP) is 1.93. The number of nitriles is 1. The maximum absolute atomic E-state index is 12.5. The third kappa shape index (κ3) is 4.00. The van der Waals surface area contributed by atoms with Crippen LogP contribution in [0.4, 0.5) is 11.5 Å². The summed E-state index contributed by atoms with van der Waals surface area (Å²) in [6.07, 6.45) is 3.84. The molecule has 0 saturated heterocycles. The van der Waals surface area contributed by atoms with Crippen molar-refractivity contribution < 1.29 is 9.59 Å². The molecular formula is C18H20N6O2. The van der Waals surface area contributed by atoms with Gasteiger partial charge in [0, 0.05) is 24.3 Å². The highest BCUT2D eigenvalue weighted by molar-refractivity contribution is 5.99. The van der Waals surface area contributed by atoms with Gasteiger partial charge >= 0.3 is 0 Å². The Hall–Kier alpha value is -3.34. The van der Waals surface area contributed by atoms with Gasteiger partial charge in [-0.15, -0.1) is 0 Å². The van der Waals surface area contributed by atoms with Crippen molar-refractivity contribution in [1.82, 2.24) is 20.8 Å². The van der Waals surface area contributed by atoms with Gasteiger partial charge in [0.2, 0.25) is 0 Å². The van der Waals surface area contributed by atoms with Crippen molar-refractivity contribution in [2.45, 2.75) is 25.3 Å². The van der Waals surface area contributed by atoms with Crippen LogP contribution in [0.15, 0.2) is 30.5 Å². The summed E-state index contributed by atoms with van der Waals surface area (Å²) in [7, 11) is 1.57. The molecule has 8 heteroatoms. The minimum Gasteiger partial charge on any atom is -0.355 e. The number of carbonyl (C=O) groups is 2. The van der Waals surface area contributed by atoms with E-state index in [2.05, 4.69) is 32.2 Å². The molecule has 1 saturated carbocycles. The number of amides is 2. The number of hydrogen-bond acceptors (Lipinski definition) is 5. The van der Waals surface area contributed by atoms with Gasteiger partial charge in [-0.25, -0.2) is 0 Å². The van der Waals surface area contributed by atoms with Gasteiger partial charge in [0.15, 0.2) is 0 Å². The minimum atomic E-state index is -0.268. The smallest absolute Gasteiger partial charge is 0.256 e. The second kappa shape index (κ2) is 7.70. The fourth-order valence-electron chi connectivity index (χ4n) is 2.73. The maximum Gasteiger partial charge on any atom is 0.256 e. The van der Waals surface area contributed by atoms with Crippen LogP contribution in [0.25, 0.3) is 0 Å². The summed E-state index contributed by atoms with van der Waals surface area (Å²) in [6, 6.07) is 8.87. The number of nitrogens with zero attached hydrogens (tertiary/aromatic N) is 2. The molecule has 1 heterocycles. The Morgan fingerprint density at radius 1 is 1.31 bits per heavy atom. The molecule has 1 aliphatic carbocycles. The van der Waals surface area contributed by atoms with Crippen molar-refractivity contribution in [1.29, 1.82) is 5.26 Å². The number of carbonyl (C=O) groups excluding carboxylic acids is 2.